The monoisotopic (exact) mass is 395 g/mol. The second-order valence-electron chi connectivity index (χ2n) is 8.14. The van der Waals surface area contributed by atoms with Crippen LogP contribution in [0.25, 0.3) is 0 Å². The summed E-state index contributed by atoms with van der Waals surface area (Å²) in [6.45, 7) is 6.43. The molecule has 0 saturated carbocycles. The summed E-state index contributed by atoms with van der Waals surface area (Å²) >= 11 is 0. The van der Waals surface area contributed by atoms with Crippen molar-refractivity contribution in [1.82, 2.24) is 4.90 Å². The van der Waals surface area contributed by atoms with Crippen molar-refractivity contribution >= 4 is 11.9 Å². The van der Waals surface area contributed by atoms with Gasteiger partial charge in [0.1, 0.15) is 0 Å². The van der Waals surface area contributed by atoms with Crippen LogP contribution in [0.5, 0.6) is 0 Å². The average Bonchev–Trinajstić information content (AvgIpc) is 2.66. The molecule has 164 valence electrons. The highest BCUT2D eigenvalue weighted by Crippen LogP contribution is 2.11. The lowest BCUT2D eigenvalue weighted by Gasteiger charge is -2.23. The number of carboxylic acids is 1. The van der Waals surface area contributed by atoms with Gasteiger partial charge in [0.05, 0.1) is 5.92 Å². The van der Waals surface area contributed by atoms with Gasteiger partial charge in [0.15, 0.2) is 0 Å². The maximum Gasteiger partial charge on any atom is 0.308 e. The molecule has 0 aromatic rings. The van der Waals surface area contributed by atoms with Gasteiger partial charge in [-0.3, -0.25) is 9.59 Å². The average molecular weight is 396 g/mol. The van der Waals surface area contributed by atoms with E-state index < -0.39 is 11.9 Å². The molecule has 0 heterocycles. The zero-order valence-corrected chi connectivity index (χ0v) is 18.8. The highest BCUT2D eigenvalue weighted by molar-refractivity contribution is 5.75. The Kier molecular flexibility index (Phi) is 18.1. The van der Waals surface area contributed by atoms with Crippen molar-refractivity contribution in [3.63, 3.8) is 0 Å². The van der Waals surface area contributed by atoms with Gasteiger partial charge in [0.25, 0.3) is 0 Å². The molecule has 0 aliphatic carbocycles. The highest BCUT2D eigenvalue weighted by atomic mass is 16.4. The van der Waals surface area contributed by atoms with E-state index >= 15 is 0 Å². The van der Waals surface area contributed by atoms with Gasteiger partial charge in [-0.15, -0.1) is 0 Å². The Hall–Kier alpha value is -1.32. The molecule has 1 amide bonds. The van der Waals surface area contributed by atoms with Gasteiger partial charge in [-0.1, -0.05) is 83.8 Å². The van der Waals surface area contributed by atoms with Crippen molar-refractivity contribution in [3.8, 4) is 0 Å². The number of amides is 1. The van der Waals surface area contributed by atoms with Gasteiger partial charge >= 0.3 is 5.97 Å². The van der Waals surface area contributed by atoms with Crippen molar-refractivity contribution in [2.24, 2.45) is 5.92 Å². The van der Waals surface area contributed by atoms with Crippen LogP contribution in [-0.4, -0.2) is 35.0 Å². The Morgan fingerprint density at radius 3 is 1.75 bits per heavy atom. The number of unbranched alkanes of at least 4 members (excludes halogenated alkanes) is 12. The van der Waals surface area contributed by atoms with Gasteiger partial charge in [0, 0.05) is 20.0 Å². The summed E-state index contributed by atoms with van der Waals surface area (Å²) in [6, 6.07) is 0. The maximum absolute atomic E-state index is 11.6. The van der Waals surface area contributed by atoms with Crippen molar-refractivity contribution in [3.05, 3.63) is 12.2 Å². The number of carboxylic acid groups (broad SMARTS) is 1. The molecule has 1 atom stereocenters. The van der Waals surface area contributed by atoms with Crippen molar-refractivity contribution in [2.45, 2.75) is 111 Å². The van der Waals surface area contributed by atoms with E-state index in [1.807, 2.05) is 0 Å². The largest absolute Gasteiger partial charge is 0.481 e. The van der Waals surface area contributed by atoms with Crippen LogP contribution in [0.3, 0.4) is 0 Å². The van der Waals surface area contributed by atoms with Crippen LogP contribution >= 0.6 is 0 Å². The number of carbonyl (C=O) groups is 2. The number of hydrogen-bond acceptors (Lipinski definition) is 2. The normalized spacial score (nSPS) is 12.4. The highest BCUT2D eigenvalue weighted by Gasteiger charge is 2.17. The zero-order valence-electron chi connectivity index (χ0n) is 18.8. The van der Waals surface area contributed by atoms with Gasteiger partial charge < -0.3 is 10.0 Å². The standard InChI is InChI=1S/C24H45NO3/c1-4-5-6-7-8-9-10-11-12-13-14-15-16-17-18-19-20-25(23(3)26)21-22(2)24(27)28/h11-12,22H,4-10,13-21H2,1-3H3,(H,27,28)/b12-11-. The van der Waals surface area contributed by atoms with E-state index in [0.29, 0.717) is 13.1 Å². The molecule has 28 heavy (non-hydrogen) atoms. The summed E-state index contributed by atoms with van der Waals surface area (Å²) in [5.41, 5.74) is 0. The quantitative estimate of drug-likeness (QED) is 0.198. The number of carbonyl (C=O) groups excluding carboxylic acids is 1. The number of aliphatic carboxylic acids is 1. The molecule has 4 heteroatoms. The third-order valence-electron chi connectivity index (χ3n) is 5.30. The van der Waals surface area contributed by atoms with Gasteiger partial charge in [-0.05, 0) is 32.1 Å². The first-order valence-corrected chi connectivity index (χ1v) is 11.6. The van der Waals surface area contributed by atoms with Crippen molar-refractivity contribution in [1.29, 1.82) is 0 Å². The number of nitrogens with zero attached hydrogens (tertiary/aromatic N) is 1. The topological polar surface area (TPSA) is 57.6 Å². The van der Waals surface area contributed by atoms with Crippen LogP contribution < -0.4 is 0 Å². The van der Waals surface area contributed by atoms with E-state index in [4.69, 9.17) is 5.11 Å². The minimum Gasteiger partial charge on any atom is -0.481 e. The molecule has 0 spiro atoms. The summed E-state index contributed by atoms with van der Waals surface area (Å²) in [7, 11) is 0. The molecule has 0 radical (unpaired) electrons. The first-order chi connectivity index (χ1) is 13.5. The van der Waals surface area contributed by atoms with E-state index in [2.05, 4.69) is 19.1 Å². The second-order valence-corrected chi connectivity index (χ2v) is 8.14. The third kappa shape index (κ3) is 16.8. The van der Waals surface area contributed by atoms with Crippen LogP contribution in [-0.2, 0) is 9.59 Å². The third-order valence-corrected chi connectivity index (χ3v) is 5.30. The summed E-state index contributed by atoms with van der Waals surface area (Å²) in [5.74, 6) is -1.37. The molecule has 0 saturated heterocycles. The van der Waals surface area contributed by atoms with Crippen LogP contribution in [0.2, 0.25) is 0 Å². The fraction of sp³-hybridized carbons (Fsp3) is 0.833. The van der Waals surface area contributed by atoms with Crippen molar-refractivity contribution in [2.75, 3.05) is 13.1 Å². The Labute approximate surface area is 173 Å². The van der Waals surface area contributed by atoms with E-state index in [9.17, 15) is 9.59 Å². The fourth-order valence-corrected chi connectivity index (χ4v) is 3.34. The number of allylic oxidation sites excluding steroid dienone is 2. The Balaban J connectivity index is 3.49. The SMILES string of the molecule is CCCCCCCC/C=C\CCCCCCCCN(CC(C)C(=O)O)C(C)=O. The molecule has 0 bridgehead atoms. The number of hydrogen-bond donors (Lipinski definition) is 1. The molecule has 1 N–H and O–H groups in total. The summed E-state index contributed by atoms with van der Waals surface area (Å²) < 4.78 is 0. The predicted octanol–water partition coefficient (Wildman–Crippen LogP) is 6.59. The second kappa shape index (κ2) is 19.0. The summed E-state index contributed by atoms with van der Waals surface area (Å²) in [6.07, 6.45) is 22.4. The molecule has 4 nitrogen and oxygen atoms in total. The zero-order chi connectivity index (χ0) is 21.0. The first-order valence-electron chi connectivity index (χ1n) is 11.6. The lowest BCUT2D eigenvalue weighted by molar-refractivity contribution is -0.142. The van der Waals surface area contributed by atoms with E-state index in [1.165, 1.54) is 84.0 Å². The lowest BCUT2D eigenvalue weighted by Crippen LogP contribution is -2.36. The Bertz CT molecular complexity index is 420. The smallest absolute Gasteiger partial charge is 0.308 e. The first kappa shape index (κ1) is 26.7. The van der Waals surface area contributed by atoms with Gasteiger partial charge in [-0.2, -0.15) is 0 Å². The molecule has 0 fully saturated rings. The molecule has 1 unspecified atom stereocenters. The predicted molar refractivity (Wildman–Crippen MR) is 119 cm³/mol. The summed E-state index contributed by atoms with van der Waals surface area (Å²) in [5, 5.41) is 8.98. The maximum atomic E-state index is 11.6. The molecular weight excluding hydrogens is 350 g/mol. The van der Waals surface area contributed by atoms with Crippen molar-refractivity contribution < 1.29 is 14.7 Å². The van der Waals surface area contributed by atoms with E-state index in [-0.39, 0.29) is 5.91 Å². The number of rotatable bonds is 19. The fourth-order valence-electron chi connectivity index (χ4n) is 3.34. The van der Waals surface area contributed by atoms with Gasteiger partial charge in [-0.25, -0.2) is 0 Å². The van der Waals surface area contributed by atoms with Crippen LogP contribution in [0.4, 0.5) is 0 Å². The summed E-state index contributed by atoms with van der Waals surface area (Å²) in [4.78, 5) is 24.2. The molecule has 0 rings (SSSR count). The van der Waals surface area contributed by atoms with Crippen LogP contribution in [0.1, 0.15) is 111 Å². The van der Waals surface area contributed by atoms with Crippen LogP contribution in [0, 0.1) is 5.92 Å². The lowest BCUT2D eigenvalue weighted by atomic mass is 10.1. The molecular formula is C24H45NO3. The van der Waals surface area contributed by atoms with E-state index in [0.717, 1.165) is 12.8 Å². The van der Waals surface area contributed by atoms with E-state index in [1.54, 1.807) is 11.8 Å². The molecule has 0 aromatic carbocycles. The minimum absolute atomic E-state index is 0.0270. The Morgan fingerprint density at radius 1 is 0.821 bits per heavy atom. The Morgan fingerprint density at radius 2 is 1.29 bits per heavy atom. The molecule has 0 aliphatic heterocycles. The van der Waals surface area contributed by atoms with Crippen LogP contribution in [0.15, 0.2) is 12.2 Å². The van der Waals surface area contributed by atoms with Gasteiger partial charge in [0.2, 0.25) is 5.91 Å². The molecule has 0 aromatic heterocycles. The molecule has 0 aliphatic rings. The minimum atomic E-state index is -0.840.